The average molecular weight is 234 g/mol. The van der Waals surface area contributed by atoms with Gasteiger partial charge in [0.25, 0.3) is 0 Å². The number of benzene rings is 1. The molecule has 4 heteroatoms. The van der Waals surface area contributed by atoms with Crippen LogP contribution < -0.4 is 4.90 Å². The zero-order chi connectivity index (χ0) is 11.4. The van der Waals surface area contributed by atoms with E-state index in [0.717, 1.165) is 10.0 Å². The summed E-state index contributed by atoms with van der Waals surface area (Å²) in [5, 5.41) is 9.79. The van der Waals surface area contributed by atoms with Crippen LogP contribution in [0.4, 0.5) is 5.13 Å². The van der Waals surface area contributed by atoms with Crippen LogP contribution in [-0.2, 0) is 0 Å². The van der Waals surface area contributed by atoms with Crippen LogP contribution in [0.3, 0.4) is 0 Å². The zero-order valence-corrected chi connectivity index (χ0v) is 9.94. The molecule has 3 nitrogen and oxygen atoms in total. The van der Waals surface area contributed by atoms with Crippen molar-refractivity contribution in [2.24, 2.45) is 0 Å². The van der Waals surface area contributed by atoms with E-state index in [1.54, 1.807) is 11.3 Å². The normalized spacial score (nSPS) is 10.4. The van der Waals surface area contributed by atoms with Crippen molar-refractivity contribution in [2.45, 2.75) is 0 Å². The number of aliphatic hydroxyl groups is 1. The lowest BCUT2D eigenvalue weighted by Crippen LogP contribution is -2.20. The van der Waals surface area contributed by atoms with Gasteiger partial charge in [-0.05, 0) is 5.56 Å². The van der Waals surface area contributed by atoms with E-state index < -0.39 is 0 Å². The second kappa shape index (κ2) is 5.09. The predicted molar refractivity (Wildman–Crippen MR) is 67.9 cm³/mol. The van der Waals surface area contributed by atoms with Crippen molar-refractivity contribution < 1.29 is 5.11 Å². The van der Waals surface area contributed by atoms with Crippen LogP contribution >= 0.6 is 11.3 Å². The number of aromatic nitrogens is 1. The molecule has 1 N–H and O–H groups in total. The minimum Gasteiger partial charge on any atom is -0.395 e. The van der Waals surface area contributed by atoms with Gasteiger partial charge in [-0.3, -0.25) is 0 Å². The van der Waals surface area contributed by atoms with Gasteiger partial charge in [0, 0.05) is 19.8 Å². The third kappa shape index (κ3) is 2.40. The molecule has 0 spiro atoms. The van der Waals surface area contributed by atoms with Gasteiger partial charge < -0.3 is 10.0 Å². The second-order valence-electron chi connectivity index (χ2n) is 3.52. The van der Waals surface area contributed by atoms with Gasteiger partial charge in [-0.15, -0.1) is 0 Å². The Labute approximate surface area is 99.0 Å². The Hall–Kier alpha value is -1.39. The lowest BCUT2D eigenvalue weighted by Gasteiger charge is -2.12. The summed E-state index contributed by atoms with van der Waals surface area (Å²) in [5.41, 5.74) is 1.18. The molecule has 0 saturated heterocycles. The van der Waals surface area contributed by atoms with Gasteiger partial charge in [-0.2, -0.15) is 0 Å². The minimum absolute atomic E-state index is 0.150. The highest BCUT2D eigenvalue weighted by Gasteiger charge is 2.07. The average Bonchev–Trinajstić information content (AvgIpc) is 2.80. The van der Waals surface area contributed by atoms with Crippen LogP contribution in [-0.4, -0.2) is 30.3 Å². The summed E-state index contributed by atoms with van der Waals surface area (Å²) in [6.07, 6.45) is 1.88. The molecule has 2 aromatic rings. The van der Waals surface area contributed by atoms with Crippen molar-refractivity contribution in [3.8, 4) is 10.4 Å². The smallest absolute Gasteiger partial charge is 0.185 e. The highest BCUT2D eigenvalue weighted by atomic mass is 32.1. The van der Waals surface area contributed by atoms with E-state index in [2.05, 4.69) is 17.1 Å². The summed E-state index contributed by atoms with van der Waals surface area (Å²) < 4.78 is 0. The van der Waals surface area contributed by atoms with Crippen LogP contribution in [0.15, 0.2) is 36.5 Å². The first-order valence-corrected chi connectivity index (χ1v) is 5.96. The predicted octanol–water partition coefficient (Wildman–Crippen LogP) is 2.24. The van der Waals surface area contributed by atoms with Crippen LogP contribution in [0, 0.1) is 0 Å². The van der Waals surface area contributed by atoms with Gasteiger partial charge in [0.05, 0.1) is 11.5 Å². The molecule has 0 radical (unpaired) electrons. The van der Waals surface area contributed by atoms with E-state index in [-0.39, 0.29) is 6.61 Å². The molecule has 0 aliphatic rings. The Balaban J connectivity index is 2.20. The molecule has 0 aliphatic carbocycles. The van der Waals surface area contributed by atoms with Gasteiger partial charge in [-0.25, -0.2) is 4.98 Å². The minimum atomic E-state index is 0.150. The number of nitrogens with zero attached hydrogens (tertiary/aromatic N) is 2. The standard InChI is InChI=1S/C12H14N2OS/c1-14(7-8-15)12-13-9-11(16-12)10-5-3-2-4-6-10/h2-6,9,15H,7-8H2,1H3. The molecule has 0 aliphatic heterocycles. The number of anilines is 1. The van der Waals surface area contributed by atoms with Crippen molar-refractivity contribution in [3.63, 3.8) is 0 Å². The van der Waals surface area contributed by atoms with Crippen molar-refractivity contribution >= 4 is 16.5 Å². The first-order chi connectivity index (χ1) is 7.81. The van der Waals surface area contributed by atoms with Crippen LogP contribution in [0.5, 0.6) is 0 Å². The molecule has 1 aromatic carbocycles. The molecule has 0 bridgehead atoms. The summed E-state index contributed by atoms with van der Waals surface area (Å²) in [5.74, 6) is 0. The Morgan fingerprint density at radius 2 is 2.06 bits per heavy atom. The number of rotatable bonds is 4. The molecule has 1 aromatic heterocycles. The molecule has 0 fully saturated rings. The van der Waals surface area contributed by atoms with E-state index in [9.17, 15) is 0 Å². The second-order valence-corrected chi connectivity index (χ2v) is 4.53. The Kier molecular flexibility index (Phi) is 3.54. The van der Waals surface area contributed by atoms with Crippen LogP contribution in [0.2, 0.25) is 0 Å². The van der Waals surface area contributed by atoms with Crippen molar-refractivity contribution in [1.82, 2.24) is 4.98 Å². The monoisotopic (exact) mass is 234 g/mol. The fourth-order valence-corrected chi connectivity index (χ4v) is 2.33. The summed E-state index contributed by atoms with van der Waals surface area (Å²) in [6, 6.07) is 10.2. The van der Waals surface area contributed by atoms with Gasteiger partial charge in [0.2, 0.25) is 0 Å². The molecule has 2 rings (SSSR count). The van der Waals surface area contributed by atoms with E-state index in [0.29, 0.717) is 6.54 Å². The van der Waals surface area contributed by atoms with Gasteiger partial charge in [0.1, 0.15) is 0 Å². The number of likely N-dealkylation sites (N-methyl/N-ethyl adjacent to an activating group) is 1. The van der Waals surface area contributed by atoms with E-state index in [1.807, 2.05) is 36.3 Å². The molecule has 0 atom stereocenters. The Morgan fingerprint density at radius 3 is 2.75 bits per heavy atom. The molecule has 1 heterocycles. The summed E-state index contributed by atoms with van der Waals surface area (Å²) in [6.45, 7) is 0.762. The van der Waals surface area contributed by atoms with Gasteiger partial charge in [0.15, 0.2) is 5.13 Å². The zero-order valence-electron chi connectivity index (χ0n) is 9.13. The molecule has 84 valence electrons. The van der Waals surface area contributed by atoms with E-state index in [4.69, 9.17) is 5.11 Å². The quantitative estimate of drug-likeness (QED) is 0.881. The van der Waals surface area contributed by atoms with Gasteiger partial charge >= 0.3 is 0 Å². The fourth-order valence-electron chi connectivity index (χ4n) is 1.42. The van der Waals surface area contributed by atoms with Crippen LogP contribution in [0.25, 0.3) is 10.4 Å². The van der Waals surface area contributed by atoms with E-state index in [1.165, 1.54) is 5.56 Å². The molecule has 0 unspecified atom stereocenters. The lowest BCUT2D eigenvalue weighted by molar-refractivity contribution is 0.304. The maximum absolute atomic E-state index is 8.86. The topological polar surface area (TPSA) is 36.4 Å². The SMILES string of the molecule is CN(CCO)c1ncc(-c2ccccc2)s1. The Morgan fingerprint density at radius 1 is 1.31 bits per heavy atom. The molecular weight excluding hydrogens is 220 g/mol. The van der Waals surface area contributed by atoms with E-state index >= 15 is 0 Å². The summed E-state index contributed by atoms with van der Waals surface area (Å²) >= 11 is 1.64. The third-order valence-corrected chi connectivity index (χ3v) is 3.47. The van der Waals surface area contributed by atoms with Crippen LogP contribution in [0.1, 0.15) is 0 Å². The lowest BCUT2D eigenvalue weighted by atomic mass is 10.2. The molecular formula is C12H14N2OS. The highest BCUT2D eigenvalue weighted by molar-refractivity contribution is 7.18. The third-order valence-electron chi connectivity index (χ3n) is 2.31. The largest absolute Gasteiger partial charge is 0.395 e. The van der Waals surface area contributed by atoms with Crippen molar-refractivity contribution in [2.75, 3.05) is 25.1 Å². The number of hydrogen-bond acceptors (Lipinski definition) is 4. The maximum atomic E-state index is 8.86. The molecule has 0 saturated carbocycles. The maximum Gasteiger partial charge on any atom is 0.185 e. The Bertz CT molecular complexity index is 441. The summed E-state index contributed by atoms with van der Waals surface area (Å²) in [4.78, 5) is 7.45. The first kappa shape index (κ1) is 11.1. The highest BCUT2D eigenvalue weighted by Crippen LogP contribution is 2.30. The number of hydrogen-bond donors (Lipinski definition) is 1. The van der Waals surface area contributed by atoms with Gasteiger partial charge in [-0.1, -0.05) is 41.7 Å². The molecule has 16 heavy (non-hydrogen) atoms. The number of thiazole rings is 1. The summed E-state index contributed by atoms with van der Waals surface area (Å²) in [7, 11) is 1.93. The van der Waals surface area contributed by atoms with Crippen molar-refractivity contribution in [1.29, 1.82) is 0 Å². The van der Waals surface area contributed by atoms with Crippen molar-refractivity contribution in [3.05, 3.63) is 36.5 Å². The number of aliphatic hydroxyl groups excluding tert-OH is 1. The first-order valence-electron chi connectivity index (χ1n) is 5.14. The molecule has 0 amide bonds. The fraction of sp³-hybridized carbons (Fsp3) is 0.250.